The Morgan fingerprint density at radius 3 is 1.97 bits per heavy atom. The summed E-state index contributed by atoms with van der Waals surface area (Å²) in [5, 5.41) is 40.0. The van der Waals surface area contributed by atoms with Gasteiger partial charge in [-0.1, -0.05) is 84.7 Å². The molecule has 3 unspecified atom stereocenters. The quantitative estimate of drug-likeness (QED) is 0.0976. The number of aromatic nitrogens is 1. The second-order valence-corrected chi connectivity index (χ2v) is 18.1. The van der Waals surface area contributed by atoms with E-state index in [-0.39, 0.29) is 30.9 Å². The van der Waals surface area contributed by atoms with E-state index in [4.69, 9.17) is 4.74 Å². The molecule has 1 saturated heterocycles. The zero-order valence-corrected chi connectivity index (χ0v) is 39.6. The summed E-state index contributed by atoms with van der Waals surface area (Å²) >= 11 is 0. The highest BCUT2D eigenvalue weighted by Gasteiger charge is 2.39. The number of nitrogens with one attached hydrogen (secondary N) is 8. The fraction of sp³-hybridized carbons (Fsp3) is 0.542. The lowest BCUT2D eigenvalue weighted by molar-refractivity contribution is -0.157. The number of amides is 7. The molecule has 3 aromatic rings. The third kappa shape index (κ3) is 15.5. The Balaban J connectivity index is 1.82. The number of carbonyl (C=O) groups excluding carboxylic acids is 8. The summed E-state index contributed by atoms with van der Waals surface area (Å²) in [6.07, 6.45) is 0.301. The van der Waals surface area contributed by atoms with Crippen LogP contribution >= 0.6 is 0 Å². The van der Waals surface area contributed by atoms with Crippen molar-refractivity contribution in [3.63, 3.8) is 0 Å². The number of aromatic hydroxyl groups is 1. The molecule has 1 aliphatic rings. The van der Waals surface area contributed by atoms with Gasteiger partial charge in [-0.2, -0.15) is 0 Å². The first kappa shape index (κ1) is 53.1. The molecule has 1 fully saturated rings. The zero-order valence-electron chi connectivity index (χ0n) is 39.6. The molecule has 67 heavy (non-hydrogen) atoms. The van der Waals surface area contributed by atoms with Crippen molar-refractivity contribution in [1.29, 1.82) is 0 Å². The summed E-state index contributed by atoms with van der Waals surface area (Å²) in [6.45, 7) is 12.9. The van der Waals surface area contributed by atoms with Gasteiger partial charge < -0.3 is 57.2 Å². The Labute approximate surface area is 391 Å². The Kier molecular flexibility index (Phi) is 19.7. The summed E-state index contributed by atoms with van der Waals surface area (Å²) in [4.78, 5) is 115. The second-order valence-electron chi connectivity index (χ2n) is 18.1. The lowest BCUT2D eigenvalue weighted by atomic mass is 9.96. The second kappa shape index (κ2) is 24.9. The van der Waals surface area contributed by atoms with E-state index in [1.165, 1.54) is 38.1 Å². The molecule has 10 N–H and O–H groups in total. The van der Waals surface area contributed by atoms with Gasteiger partial charge in [-0.25, -0.2) is 4.79 Å². The van der Waals surface area contributed by atoms with Gasteiger partial charge in [-0.3, -0.25) is 33.6 Å². The number of rotatable bonds is 15. The molecule has 2 aromatic carbocycles. The van der Waals surface area contributed by atoms with E-state index in [0.29, 0.717) is 29.9 Å². The van der Waals surface area contributed by atoms with Crippen LogP contribution in [0, 0.1) is 17.8 Å². The van der Waals surface area contributed by atoms with Crippen LogP contribution in [0.1, 0.15) is 92.2 Å². The molecule has 2 heterocycles. The number of esters is 1. The number of hydrogen-bond donors (Lipinski definition) is 10. The van der Waals surface area contributed by atoms with E-state index in [1.54, 1.807) is 40.0 Å². The van der Waals surface area contributed by atoms with Crippen molar-refractivity contribution in [2.75, 3.05) is 6.54 Å². The predicted octanol–water partition coefficient (Wildman–Crippen LogP) is 1.54. The first-order chi connectivity index (χ1) is 31.7. The lowest BCUT2D eigenvalue weighted by Gasteiger charge is -2.31. The van der Waals surface area contributed by atoms with Crippen molar-refractivity contribution in [2.24, 2.45) is 17.8 Å². The summed E-state index contributed by atoms with van der Waals surface area (Å²) in [5.41, 5.74) is 1.80. The van der Waals surface area contributed by atoms with Crippen molar-refractivity contribution in [3.8, 4) is 5.75 Å². The highest BCUT2D eigenvalue weighted by molar-refractivity contribution is 5.98. The Morgan fingerprint density at radius 1 is 0.731 bits per heavy atom. The van der Waals surface area contributed by atoms with Crippen LogP contribution in [0.4, 0.5) is 0 Å². The fourth-order valence-corrected chi connectivity index (χ4v) is 7.57. The first-order valence-electron chi connectivity index (χ1n) is 23.0. The van der Waals surface area contributed by atoms with E-state index in [9.17, 15) is 48.6 Å². The van der Waals surface area contributed by atoms with Crippen molar-refractivity contribution in [3.05, 3.63) is 65.9 Å². The number of phenolic OH excluding ortho intramolecular Hbond substituents is 1. The summed E-state index contributed by atoms with van der Waals surface area (Å²) < 4.78 is 5.81. The smallest absolute Gasteiger partial charge is 0.329 e. The average molecular weight is 933 g/mol. The van der Waals surface area contributed by atoms with Crippen LogP contribution in [-0.4, -0.2) is 118 Å². The predicted molar refractivity (Wildman–Crippen MR) is 249 cm³/mol. The number of H-pyrrole nitrogens is 1. The standard InChI is InChI=1S/C48H68N8O11/c1-9-27(6)40-45(63)54-39(26(4)5)48(66)67-29(8)42(53-38(60)24-50-37(59)16-12-13-25(2)3)47(65)52-35(21-30-17-19-32(58)20-18-30)43(61)51-36(44(62)56-41(28(7)57)46(64)55-40)22-31-23-49-34-15-11-10-14-33(31)34/h10-11,14-15,17-20,23,25-29,35-36,39-42,49,57-58H,9,12-13,16,21-22,24H2,1-8H3,(H,50,59)(H,51,61)(H,52,65)(H,53,60)(H,54,63)(H,55,64)(H,56,62)/t27-,28?,29?,35-,36-,39+,40-,41?,42-/m1/s1. The molecule has 0 saturated carbocycles. The summed E-state index contributed by atoms with van der Waals surface area (Å²) in [7, 11) is 0. The normalized spacial score (nSPS) is 23.6. The molecule has 0 spiro atoms. The van der Waals surface area contributed by atoms with Gasteiger partial charge >= 0.3 is 5.97 Å². The number of para-hydroxylation sites is 1. The molecule has 1 aromatic heterocycles. The number of aliphatic hydroxyl groups excluding tert-OH is 1. The van der Waals surface area contributed by atoms with Gasteiger partial charge in [0.05, 0.1) is 12.6 Å². The van der Waals surface area contributed by atoms with Crippen LogP contribution in [0.5, 0.6) is 5.75 Å². The minimum Gasteiger partial charge on any atom is -0.508 e. The molecule has 19 nitrogen and oxygen atoms in total. The number of cyclic esters (lactones) is 1. The maximum atomic E-state index is 14.6. The van der Waals surface area contributed by atoms with Gasteiger partial charge in [-0.15, -0.1) is 0 Å². The van der Waals surface area contributed by atoms with Crippen molar-refractivity contribution in [2.45, 2.75) is 142 Å². The lowest BCUT2D eigenvalue weighted by Crippen LogP contribution is -2.62. The molecule has 0 radical (unpaired) electrons. The minimum absolute atomic E-state index is 0.0679. The van der Waals surface area contributed by atoms with E-state index >= 15 is 0 Å². The monoisotopic (exact) mass is 933 g/mol. The van der Waals surface area contributed by atoms with E-state index < -0.39 is 108 Å². The molecule has 1 aliphatic heterocycles. The number of carbonyl (C=O) groups is 8. The number of aromatic amines is 1. The number of benzene rings is 2. The van der Waals surface area contributed by atoms with Crippen LogP contribution in [0.3, 0.4) is 0 Å². The van der Waals surface area contributed by atoms with E-state index in [0.717, 1.165) is 17.3 Å². The van der Waals surface area contributed by atoms with Crippen molar-refractivity contribution < 1.29 is 53.3 Å². The highest BCUT2D eigenvalue weighted by atomic mass is 16.5. The SMILES string of the molecule is CC[C@@H](C)[C@H]1NC(=O)C(C(C)O)NC(=O)[C@@H](Cc2c[nH]c3ccccc23)NC(=O)[C@@H](Cc2ccc(O)cc2)NC(=O)[C@H](NC(=O)CNC(=O)CCCC(C)C)C(C)OC(=O)[C@H](C(C)C)NC1=O. The van der Waals surface area contributed by atoms with Crippen LogP contribution in [-0.2, 0) is 55.9 Å². The van der Waals surface area contributed by atoms with Crippen LogP contribution < -0.4 is 37.2 Å². The maximum Gasteiger partial charge on any atom is 0.329 e. The van der Waals surface area contributed by atoms with Gasteiger partial charge in [0, 0.05) is 36.4 Å². The molecule has 7 amide bonds. The van der Waals surface area contributed by atoms with Crippen LogP contribution in [0.2, 0.25) is 0 Å². The Bertz CT molecular complexity index is 2210. The zero-order chi connectivity index (χ0) is 49.5. The molecule has 0 bridgehead atoms. The number of hydrogen-bond acceptors (Lipinski definition) is 11. The molecule has 9 atom stereocenters. The van der Waals surface area contributed by atoms with Crippen molar-refractivity contribution in [1.82, 2.24) is 42.2 Å². The van der Waals surface area contributed by atoms with Crippen LogP contribution in [0.25, 0.3) is 10.9 Å². The van der Waals surface area contributed by atoms with Crippen molar-refractivity contribution >= 4 is 58.2 Å². The first-order valence-corrected chi connectivity index (χ1v) is 23.0. The minimum atomic E-state index is -1.68. The van der Waals surface area contributed by atoms with Gasteiger partial charge in [0.2, 0.25) is 41.4 Å². The number of phenols is 1. The highest BCUT2D eigenvalue weighted by Crippen LogP contribution is 2.21. The number of aliphatic hydroxyl groups is 1. The van der Waals surface area contributed by atoms with Gasteiger partial charge in [0.25, 0.3) is 0 Å². The average Bonchev–Trinajstić information content (AvgIpc) is 3.68. The molecular weight excluding hydrogens is 865 g/mol. The Hall–Kier alpha value is -6.50. The molecule has 19 heteroatoms. The molecule has 366 valence electrons. The van der Waals surface area contributed by atoms with Gasteiger partial charge in [0.15, 0.2) is 0 Å². The largest absolute Gasteiger partial charge is 0.508 e. The van der Waals surface area contributed by atoms with E-state index in [2.05, 4.69) is 42.2 Å². The third-order valence-corrected chi connectivity index (χ3v) is 11.8. The molecular formula is C48H68N8O11. The Morgan fingerprint density at radius 2 is 1.33 bits per heavy atom. The van der Waals surface area contributed by atoms with Crippen LogP contribution in [0.15, 0.2) is 54.7 Å². The van der Waals surface area contributed by atoms with Gasteiger partial charge in [-0.05, 0) is 67.3 Å². The number of ether oxygens (including phenoxy) is 1. The van der Waals surface area contributed by atoms with Gasteiger partial charge in [0.1, 0.15) is 48.1 Å². The van der Waals surface area contributed by atoms with E-state index in [1.807, 2.05) is 32.0 Å². The topological polar surface area (TPSA) is 286 Å². The maximum absolute atomic E-state index is 14.6. The summed E-state index contributed by atoms with van der Waals surface area (Å²) in [6, 6.07) is 4.19. The summed E-state index contributed by atoms with van der Waals surface area (Å²) in [5.74, 6) is -7.46. The third-order valence-electron chi connectivity index (χ3n) is 11.8. The molecule has 0 aliphatic carbocycles. The molecule has 4 rings (SSSR count). The fourth-order valence-electron chi connectivity index (χ4n) is 7.57. The number of fused-ring (bicyclic) bond motifs is 1.